The van der Waals surface area contributed by atoms with Gasteiger partial charge in [-0.3, -0.25) is 4.79 Å². The van der Waals surface area contributed by atoms with Crippen LogP contribution in [0.15, 0.2) is 28.5 Å². The Hall–Kier alpha value is -1.13. The van der Waals surface area contributed by atoms with E-state index in [-0.39, 0.29) is 5.56 Å². The molecule has 1 saturated heterocycles. The van der Waals surface area contributed by atoms with Crippen molar-refractivity contribution in [3.63, 3.8) is 0 Å². The fraction of sp³-hybridized carbons (Fsp3) is 0.417. The minimum atomic E-state index is 0.130. The van der Waals surface area contributed by atoms with Crippen LogP contribution < -0.4 is 5.56 Å². The largest absolute Gasteiger partial charge is 0.381 e. The van der Waals surface area contributed by atoms with Crippen LogP contribution in [0.2, 0.25) is 0 Å². The molecule has 4 heteroatoms. The maximum Gasteiger partial charge on any atom is 0.259 e. The van der Waals surface area contributed by atoms with E-state index in [1.54, 1.807) is 11.3 Å². The van der Waals surface area contributed by atoms with Gasteiger partial charge in [0.2, 0.25) is 0 Å². The van der Waals surface area contributed by atoms with Crippen LogP contribution in [-0.4, -0.2) is 17.8 Å². The first-order valence-corrected chi connectivity index (χ1v) is 6.37. The molecule has 0 unspecified atom stereocenters. The van der Waals surface area contributed by atoms with Crippen molar-refractivity contribution in [1.82, 2.24) is 4.57 Å². The van der Waals surface area contributed by atoms with Crippen LogP contribution in [-0.2, 0) is 11.3 Å². The Labute approximate surface area is 97.3 Å². The molecule has 16 heavy (non-hydrogen) atoms. The Morgan fingerprint density at radius 3 is 3.25 bits per heavy atom. The second-order valence-electron chi connectivity index (χ2n) is 4.20. The molecule has 1 aliphatic rings. The van der Waals surface area contributed by atoms with Crippen molar-refractivity contribution in [2.24, 2.45) is 5.92 Å². The van der Waals surface area contributed by atoms with E-state index in [4.69, 9.17) is 4.74 Å². The highest BCUT2D eigenvalue weighted by atomic mass is 32.1. The number of pyridine rings is 1. The summed E-state index contributed by atoms with van der Waals surface area (Å²) >= 11 is 1.61. The molecule has 2 aromatic rings. The van der Waals surface area contributed by atoms with E-state index < -0.39 is 0 Å². The fourth-order valence-corrected chi connectivity index (χ4v) is 2.93. The molecule has 1 aliphatic heterocycles. The summed E-state index contributed by atoms with van der Waals surface area (Å²) in [5, 5.41) is 2.81. The van der Waals surface area contributed by atoms with Crippen LogP contribution in [0.5, 0.6) is 0 Å². The van der Waals surface area contributed by atoms with Gasteiger partial charge in [0.25, 0.3) is 5.56 Å². The molecule has 2 aromatic heterocycles. The molecule has 0 radical (unpaired) electrons. The molecule has 0 saturated carbocycles. The molecule has 0 aromatic carbocycles. The van der Waals surface area contributed by atoms with Crippen LogP contribution in [0, 0.1) is 5.92 Å². The summed E-state index contributed by atoms with van der Waals surface area (Å²) in [6.45, 7) is 2.40. The lowest BCUT2D eigenvalue weighted by Crippen LogP contribution is -2.23. The van der Waals surface area contributed by atoms with Gasteiger partial charge in [0.1, 0.15) is 0 Å². The molecule has 1 atom stereocenters. The lowest BCUT2D eigenvalue weighted by Gasteiger charge is -2.10. The third-order valence-corrected chi connectivity index (χ3v) is 3.95. The van der Waals surface area contributed by atoms with Gasteiger partial charge >= 0.3 is 0 Å². The number of hydrogen-bond acceptors (Lipinski definition) is 3. The van der Waals surface area contributed by atoms with E-state index >= 15 is 0 Å². The second kappa shape index (κ2) is 4.03. The Balaban J connectivity index is 1.96. The third kappa shape index (κ3) is 1.68. The summed E-state index contributed by atoms with van der Waals surface area (Å²) in [5.41, 5.74) is 0.130. The van der Waals surface area contributed by atoms with Gasteiger partial charge in [0.05, 0.1) is 12.0 Å². The highest BCUT2D eigenvalue weighted by molar-refractivity contribution is 7.17. The predicted octanol–water partition coefficient (Wildman–Crippen LogP) is 2.10. The second-order valence-corrected chi connectivity index (χ2v) is 5.15. The Morgan fingerprint density at radius 1 is 1.50 bits per heavy atom. The molecular formula is C12H13NO2S. The summed E-state index contributed by atoms with van der Waals surface area (Å²) in [6.07, 6.45) is 2.97. The first-order chi connectivity index (χ1) is 7.84. The Kier molecular flexibility index (Phi) is 2.53. The molecule has 84 valence electrons. The topological polar surface area (TPSA) is 31.2 Å². The number of thiophene rings is 1. The van der Waals surface area contributed by atoms with Gasteiger partial charge in [-0.25, -0.2) is 0 Å². The van der Waals surface area contributed by atoms with Crippen LogP contribution >= 0.6 is 11.3 Å². The molecule has 3 nitrogen and oxygen atoms in total. The van der Waals surface area contributed by atoms with Crippen molar-refractivity contribution in [3.05, 3.63) is 34.1 Å². The highest BCUT2D eigenvalue weighted by Gasteiger charge is 2.16. The van der Waals surface area contributed by atoms with Gasteiger partial charge in [-0.15, -0.1) is 11.3 Å². The van der Waals surface area contributed by atoms with Gasteiger partial charge in [0.15, 0.2) is 0 Å². The van der Waals surface area contributed by atoms with Crippen LogP contribution in [0.1, 0.15) is 6.42 Å². The van der Waals surface area contributed by atoms with Crippen molar-refractivity contribution < 1.29 is 4.74 Å². The van der Waals surface area contributed by atoms with E-state index in [2.05, 4.69) is 0 Å². The standard InChI is InChI=1S/C12H13NO2S/c14-12-10-3-6-16-11(10)1-4-13(12)7-9-2-5-15-8-9/h1,3-4,6,9H,2,5,7-8H2/t9-/m1/s1. The predicted molar refractivity (Wildman–Crippen MR) is 65.0 cm³/mol. The van der Waals surface area contributed by atoms with Gasteiger partial charge in [0, 0.05) is 30.0 Å². The summed E-state index contributed by atoms with van der Waals surface area (Å²) in [5.74, 6) is 0.494. The van der Waals surface area contributed by atoms with E-state index in [9.17, 15) is 4.79 Å². The van der Waals surface area contributed by atoms with E-state index in [1.807, 2.05) is 28.3 Å². The summed E-state index contributed by atoms with van der Waals surface area (Å²) in [7, 11) is 0. The zero-order valence-electron chi connectivity index (χ0n) is 8.89. The van der Waals surface area contributed by atoms with Gasteiger partial charge in [-0.05, 0) is 23.9 Å². The van der Waals surface area contributed by atoms with E-state index in [1.165, 1.54) is 0 Å². The molecule has 0 N–H and O–H groups in total. The highest BCUT2D eigenvalue weighted by Crippen LogP contribution is 2.18. The van der Waals surface area contributed by atoms with Crippen molar-refractivity contribution in [1.29, 1.82) is 0 Å². The average molecular weight is 235 g/mol. The number of ether oxygens (including phenoxy) is 1. The van der Waals surface area contributed by atoms with Crippen LogP contribution in [0.25, 0.3) is 10.1 Å². The third-order valence-electron chi connectivity index (χ3n) is 3.07. The SMILES string of the molecule is O=c1c2ccsc2ccn1C[C@H]1CCOC1. The zero-order valence-corrected chi connectivity index (χ0v) is 9.70. The zero-order chi connectivity index (χ0) is 11.0. The number of nitrogens with zero attached hydrogens (tertiary/aromatic N) is 1. The lowest BCUT2D eigenvalue weighted by atomic mass is 10.1. The van der Waals surface area contributed by atoms with Crippen LogP contribution in [0.3, 0.4) is 0 Å². The monoisotopic (exact) mass is 235 g/mol. The molecule has 3 heterocycles. The molecule has 0 spiro atoms. The summed E-state index contributed by atoms with van der Waals surface area (Å²) < 4.78 is 8.22. The Bertz CT molecular complexity index is 551. The Morgan fingerprint density at radius 2 is 2.44 bits per heavy atom. The number of rotatable bonds is 2. The average Bonchev–Trinajstić information content (AvgIpc) is 2.93. The first-order valence-electron chi connectivity index (χ1n) is 5.49. The minimum absolute atomic E-state index is 0.130. The molecular weight excluding hydrogens is 222 g/mol. The minimum Gasteiger partial charge on any atom is -0.381 e. The molecule has 0 amide bonds. The quantitative estimate of drug-likeness (QED) is 0.798. The van der Waals surface area contributed by atoms with E-state index in [0.29, 0.717) is 5.92 Å². The smallest absolute Gasteiger partial charge is 0.259 e. The number of aromatic nitrogens is 1. The van der Waals surface area contributed by atoms with Crippen molar-refractivity contribution >= 4 is 21.4 Å². The fourth-order valence-electron chi connectivity index (χ4n) is 2.16. The molecule has 1 fully saturated rings. The normalized spacial score (nSPS) is 20.6. The number of fused-ring (bicyclic) bond motifs is 1. The van der Waals surface area contributed by atoms with Gasteiger partial charge in [-0.1, -0.05) is 0 Å². The molecule has 0 bridgehead atoms. The summed E-state index contributed by atoms with van der Waals surface area (Å²) in [4.78, 5) is 12.1. The maximum atomic E-state index is 12.1. The molecule has 0 aliphatic carbocycles. The van der Waals surface area contributed by atoms with Crippen molar-refractivity contribution in [2.45, 2.75) is 13.0 Å². The summed E-state index contributed by atoms with van der Waals surface area (Å²) in [6, 6.07) is 3.93. The molecule has 3 rings (SSSR count). The maximum absolute atomic E-state index is 12.1. The first kappa shape index (κ1) is 10.1. The van der Waals surface area contributed by atoms with E-state index in [0.717, 1.165) is 36.3 Å². The number of hydrogen-bond donors (Lipinski definition) is 0. The van der Waals surface area contributed by atoms with Crippen molar-refractivity contribution in [3.8, 4) is 0 Å². The van der Waals surface area contributed by atoms with Crippen LogP contribution in [0.4, 0.5) is 0 Å². The van der Waals surface area contributed by atoms with Crippen molar-refractivity contribution in [2.75, 3.05) is 13.2 Å². The van der Waals surface area contributed by atoms with Gasteiger partial charge in [-0.2, -0.15) is 0 Å². The lowest BCUT2D eigenvalue weighted by molar-refractivity contribution is 0.182. The van der Waals surface area contributed by atoms with Gasteiger partial charge < -0.3 is 9.30 Å².